The van der Waals surface area contributed by atoms with Crippen LogP contribution in [0, 0.1) is 11.8 Å². The molecule has 2 amide bonds. The van der Waals surface area contributed by atoms with Crippen LogP contribution in [0.25, 0.3) is 0 Å². The van der Waals surface area contributed by atoms with Crippen molar-refractivity contribution in [3.8, 4) is 0 Å². The fourth-order valence-electron chi connectivity index (χ4n) is 4.68. The average molecular weight is 434 g/mol. The standard InChI is InChI=1S/C22H35N5O2S/c1-15(2)21(29)26-10-12-27(13-11-26)22-24-18-5-4-16(14-19(18)30-22)20(28)23-17-6-8-25(3)9-7-17/h15-17H,4-14H2,1-3H3,(H,23,28)/t16-/m1/s1. The predicted octanol–water partition coefficient (Wildman–Crippen LogP) is 1.76. The van der Waals surface area contributed by atoms with Gasteiger partial charge in [0.05, 0.1) is 5.69 Å². The molecule has 1 aromatic rings. The van der Waals surface area contributed by atoms with Crippen LogP contribution in [0.2, 0.25) is 0 Å². The molecule has 30 heavy (non-hydrogen) atoms. The molecular formula is C22H35N5O2S. The van der Waals surface area contributed by atoms with E-state index >= 15 is 0 Å². The smallest absolute Gasteiger partial charge is 0.225 e. The van der Waals surface area contributed by atoms with Gasteiger partial charge in [0.25, 0.3) is 0 Å². The number of amides is 2. The zero-order chi connectivity index (χ0) is 21.3. The highest BCUT2D eigenvalue weighted by molar-refractivity contribution is 7.15. The molecule has 0 saturated carbocycles. The van der Waals surface area contributed by atoms with Crippen LogP contribution < -0.4 is 10.2 Å². The number of nitrogens with zero attached hydrogens (tertiary/aromatic N) is 4. The summed E-state index contributed by atoms with van der Waals surface area (Å²) in [5.74, 6) is 0.602. The number of nitrogens with one attached hydrogen (secondary N) is 1. The highest BCUT2D eigenvalue weighted by atomic mass is 32.1. The Morgan fingerprint density at radius 1 is 1.07 bits per heavy atom. The molecule has 2 fully saturated rings. The number of fused-ring (bicyclic) bond motifs is 1. The molecule has 0 radical (unpaired) electrons. The van der Waals surface area contributed by atoms with E-state index in [1.807, 2.05) is 18.7 Å². The van der Waals surface area contributed by atoms with Crippen LogP contribution >= 0.6 is 11.3 Å². The highest BCUT2D eigenvalue weighted by Crippen LogP contribution is 2.34. The minimum atomic E-state index is 0.0568. The summed E-state index contributed by atoms with van der Waals surface area (Å²) in [6.45, 7) is 9.26. The first-order valence-electron chi connectivity index (χ1n) is 11.4. The van der Waals surface area contributed by atoms with E-state index in [0.717, 1.165) is 76.5 Å². The van der Waals surface area contributed by atoms with Crippen molar-refractivity contribution >= 4 is 28.3 Å². The molecule has 2 saturated heterocycles. The van der Waals surface area contributed by atoms with Crippen molar-refractivity contribution in [2.45, 2.75) is 52.0 Å². The van der Waals surface area contributed by atoms with E-state index in [-0.39, 0.29) is 23.7 Å². The van der Waals surface area contributed by atoms with Gasteiger partial charge in [-0.2, -0.15) is 0 Å². The van der Waals surface area contributed by atoms with Gasteiger partial charge in [-0.05, 0) is 52.2 Å². The summed E-state index contributed by atoms with van der Waals surface area (Å²) in [5.41, 5.74) is 1.18. The number of hydrogen-bond acceptors (Lipinski definition) is 6. The molecule has 2 aliphatic heterocycles. The molecule has 1 aliphatic carbocycles. The molecule has 0 bridgehead atoms. The summed E-state index contributed by atoms with van der Waals surface area (Å²) in [4.78, 5) is 37.8. The molecule has 1 atom stereocenters. The van der Waals surface area contributed by atoms with E-state index in [0.29, 0.717) is 6.04 Å². The number of thiazole rings is 1. The Kier molecular flexibility index (Phi) is 6.63. The Hall–Kier alpha value is -1.67. The van der Waals surface area contributed by atoms with Crippen LogP contribution in [0.4, 0.5) is 5.13 Å². The molecule has 0 aromatic carbocycles. The number of anilines is 1. The van der Waals surface area contributed by atoms with E-state index < -0.39 is 0 Å². The number of carbonyl (C=O) groups excluding carboxylic acids is 2. The van der Waals surface area contributed by atoms with E-state index in [9.17, 15) is 9.59 Å². The molecule has 1 aromatic heterocycles. The van der Waals surface area contributed by atoms with Crippen molar-refractivity contribution in [1.82, 2.24) is 20.1 Å². The van der Waals surface area contributed by atoms with Crippen LogP contribution in [0.3, 0.4) is 0 Å². The predicted molar refractivity (Wildman–Crippen MR) is 120 cm³/mol. The topological polar surface area (TPSA) is 68.8 Å². The van der Waals surface area contributed by atoms with Crippen molar-refractivity contribution in [2.75, 3.05) is 51.2 Å². The Morgan fingerprint density at radius 3 is 2.43 bits per heavy atom. The van der Waals surface area contributed by atoms with Gasteiger partial charge in [0, 0.05) is 48.9 Å². The van der Waals surface area contributed by atoms with E-state index in [4.69, 9.17) is 4.98 Å². The van der Waals surface area contributed by atoms with Crippen molar-refractivity contribution < 1.29 is 9.59 Å². The molecule has 8 heteroatoms. The second-order valence-corrected chi connectivity index (χ2v) is 10.4. The summed E-state index contributed by atoms with van der Waals surface area (Å²) in [7, 11) is 2.14. The minimum Gasteiger partial charge on any atom is -0.353 e. The van der Waals surface area contributed by atoms with Crippen molar-refractivity contribution in [3.63, 3.8) is 0 Å². The van der Waals surface area contributed by atoms with Gasteiger partial charge in [0.15, 0.2) is 5.13 Å². The normalized spacial score (nSPS) is 23.5. The Bertz CT molecular complexity index is 764. The second-order valence-electron chi connectivity index (χ2n) is 9.36. The third-order valence-electron chi connectivity index (χ3n) is 6.72. The SMILES string of the molecule is CC(C)C(=O)N1CCN(c2nc3c(s2)C[C@H](C(=O)NC2CCN(C)CC2)CC3)CC1. The molecular weight excluding hydrogens is 398 g/mol. The van der Waals surface area contributed by atoms with Gasteiger partial charge in [-0.25, -0.2) is 4.98 Å². The third kappa shape index (κ3) is 4.80. The fraction of sp³-hybridized carbons (Fsp3) is 0.773. The lowest BCUT2D eigenvalue weighted by Crippen LogP contribution is -2.49. The van der Waals surface area contributed by atoms with Gasteiger partial charge in [-0.1, -0.05) is 13.8 Å². The molecule has 4 rings (SSSR count). The summed E-state index contributed by atoms with van der Waals surface area (Å²) in [6, 6.07) is 0.331. The van der Waals surface area contributed by atoms with Crippen LogP contribution in [0.1, 0.15) is 43.7 Å². The molecule has 1 N–H and O–H groups in total. The van der Waals surface area contributed by atoms with E-state index in [1.54, 1.807) is 11.3 Å². The number of likely N-dealkylation sites (tertiary alicyclic amines) is 1. The lowest BCUT2D eigenvalue weighted by Gasteiger charge is -2.35. The molecule has 3 heterocycles. The molecule has 0 unspecified atom stereocenters. The largest absolute Gasteiger partial charge is 0.353 e. The summed E-state index contributed by atoms with van der Waals surface area (Å²) in [6.07, 6.45) is 4.71. The average Bonchev–Trinajstić information content (AvgIpc) is 3.18. The zero-order valence-corrected chi connectivity index (χ0v) is 19.3. The maximum atomic E-state index is 12.8. The van der Waals surface area contributed by atoms with Crippen LogP contribution in [-0.4, -0.2) is 79.0 Å². The Labute approximate surface area is 183 Å². The van der Waals surface area contributed by atoms with Gasteiger partial charge in [-0.15, -0.1) is 11.3 Å². The molecule has 166 valence electrons. The first-order valence-corrected chi connectivity index (χ1v) is 12.2. The van der Waals surface area contributed by atoms with E-state index in [1.165, 1.54) is 10.6 Å². The molecule has 0 spiro atoms. The zero-order valence-electron chi connectivity index (χ0n) is 18.5. The van der Waals surface area contributed by atoms with Gasteiger partial charge >= 0.3 is 0 Å². The fourth-order valence-corrected chi connectivity index (χ4v) is 5.91. The van der Waals surface area contributed by atoms with Crippen LogP contribution in [0.5, 0.6) is 0 Å². The molecule has 3 aliphatic rings. The number of hydrogen-bond donors (Lipinski definition) is 1. The van der Waals surface area contributed by atoms with Gasteiger partial charge in [-0.3, -0.25) is 9.59 Å². The number of rotatable bonds is 4. The van der Waals surface area contributed by atoms with E-state index in [2.05, 4.69) is 22.2 Å². The molecule has 7 nitrogen and oxygen atoms in total. The number of aryl methyl sites for hydroxylation is 1. The van der Waals surface area contributed by atoms with Crippen LogP contribution in [-0.2, 0) is 22.4 Å². The summed E-state index contributed by atoms with van der Waals surface area (Å²) in [5, 5.41) is 4.37. The van der Waals surface area contributed by atoms with Gasteiger partial charge in [0.1, 0.15) is 0 Å². The number of piperazine rings is 1. The number of piperidine rings is 1. The van der Waals surface area contributed by atoms with Gasteiger partial charge < -0.3 is 20.0 Å². The maximum Gasteiger partial charge on any atom is 0.225 e. The quantitative estimate of drug-likeness (QED) is 0.784. The monoisotopic (exact) mass is 433 g/mol. The summed E-state index contributed by atoms with van der Waals surface area (Å²) >= 11 is 1.75. The minimum absolute atomic E-state index is 0.0568. The Balaban J connectivity index is 1.31. The first kappa shape index (κ1) is 21.6. The number of aromatic nitrogens is 1. The van der Waals surface area contributed by atoms with Crippen molar-refractivity contribution in [1.29, 1.82) is 0 Å². The lowest BCUT2D eigenvalue weighted by molar-refractivity contribution is -0.134. The summed E-state index contributed by atoms with van der Waals surface area (Å²) < 4.78 is 0. The third-order valence-corrected chi connectivity index (χ3v) is 7.90. The highest BCUT2D eigenvalue weighted by Gasteiger charge is 2.31. The lowest BCUT2D eigenvalue weighted by atomic mass is 9.90. The van der Waals surface area contributed by atoms with Gasteiger partial charge in [0.2, 0.25) is 11.8 Å². The Morgan fingerprint density at radius 2 is 1.77 bits per heavy atom. The second kappa shape index (κ2) is 9.22. The maximum absolute atomic E-state index is 12.8. The van der Waals surface area contributed by atoms with Crippen LogP contribution in [0.15, 0.2) is 0 Å². The van der Waals surface area contributed by atoms with Crippen molar-refractivity contribution in [2.24, 2.45) is 11.8 Å². The van der Waals surface area contributed by atoms with Crippen molar-refractivity contribution in [3.05, 3.63) is 10.6 Å². The number of carbonyl (C=O) groups is 2. The first-order chi connectivity index (χ1) is 14.4.